The molecule has 0 bridgehead atoms. The maximum atomic E-state index is 4.75. The molecule has 5 nitrogen and oxygen atoms in total. The zero-order valence-electron chi connectivity index (χ0n) is 17.5. The van der Waals surface area contributed by atoms with E-state index in [1.807, 2.05) is 0 Å². The molecule has 1 aliphatic rings. The lowest BCUT2D eigenvalue weighted by Crippen LogP contribution is -2.25. The molecule has 0 aliphatic heterocycles. The van der Waals surface area contributed by atoms with Gasteiger partial charge in [0.25, 0.3) is 0 Å². The molecule has 1 N–H and O–H groups in total. The molecular weight excluding hydrogens is 346 g/mol. The highest BCUT2D eigenvalue weighted by Crippen LogP contribution is 2.31. The van der Waals surface area contributed by atoms with Crippen LogP contribution in [-0.4, -0.2) is 19.6 Å². The van der Waals surface area contributed by atoms with E-state index in [1.165, 1.54) is 40.1 Å². The Kier molecular flexibility index (Phi) is 5.36. The van der Waals surface area contributed by atoms with Crippen LogP contribution in [0.4, 0.5) is 0 Å². The number of hydrogen-bond acceptors (Lipinski definition) is 3. The molecule has 0 saturated heterocycles. The first-order valence-electron chi connectivity index (χ1n) is 10.5. The van der Waals surface area contributed by atoms with Crippen LogP contribution in [0.25, 0.3) is 5.69 Å². The molecule has 0 saturated carbocycles. The summed E-state index contributed by atoms with van der Waals surface area (Å²) >= 11 is 0. The van der Waals surface area contributed by atoms with Crippen molar-refractivity contribution in [2.75, 3.05) is 0 Å². The molecule has 1 aromatic carbocycles. The van der Waals surface area contributed by atoms with Crippen LogP contribution in [-0.2, 0) is 19.5 Å². The summed E-state index contributed by atoms with van der Waals surface area (Å²) in [5, 5.41) is 13.1. The summed E-state index contributed by atoms with van der Waals surface area (Å²) in [5.74, 6) is 0. The molecule has 3 aromatic rings. The van der Waals surface area contributed by atoms with Gasteiger partial charge in [0.2, 0.25) is 0 Å². The molecule has 4 rings (SSSR count). The van der Waals surface area contributed by atoms with Gasteiger partial charge >= 0.3 is 0 Å². The summed E-state index contributed by atoms with van der Waals surface area (Å²) in [7, 11) is 0. The second-order valence-corrected chi connectivity index (χ2v) is 8.06. The van der Waals surface area contributed by atoms with Crippen molar-refractivity contribution in [3.8, 4) is 5.69 Å². The zero-order valence-corrected chi connectivity index (χ0v) is 17.5. The van der Waals surface area contributed by atoms with E-state index >= 15 is 0 Å². The topological polar surface area (TPSA) is 47.7 Å². The van der Waals surface area contributed by atoms with Gasteiger partial charge in [0.1, 0.15) is 0 Å². The van der Waals surface area contributed by atoms with Gasteiger partial charge in [-0.2, -0.15) is 10.2 Å². The lowest BCUT2D eigenvalue weighted by molar-refractivity contribution is 0.454. The summed E-state index contributed by atoms with van der Waals surface area (Å²) in [5.41, 5.74) is 8.93. The number of benzene rings is 1. The fourth-order valence-corrected chi connectivity index (χ4v) is 4.16. The van der Waals surface area contributed by atoms with E-state index in [9.17, 15) is 0 Å². The van der Waals surface area contributed by atoms with Crippen LogP contribution in [0, 0.1) is 20.8 Å². The standard InChI is InChI=1S/C23H31N5/c1-5-11-27-15-19(18(4)26-27)13-24-22-7-6-8-23-21(22)14-25-28(23)20-10-9-16(2)17(3)12-20/h9-10,12,14-15,22,24H,5-8,11,13H2,1-4H3. The predicted octanol–water partition coefficient (Wildman–Crippen LogP) is 4.57. The number of nitrogens with zero attached hydrogens (tertiary/aromatic N) is 4. The SMILES string of the molecule is CCCn1cc(CNC2CCCc3c2cnn3-c2ccc(C)c(C)c2)c(C)n1. The second kappa shape index (κ2) is 7.92. The molecule has 2 heterocycles. The highest BCUT2D eigenvalue weighted by molar-refractivity contribution is 5.42. The Balaban J connectivity index is 1.53. The Hall–Kier alpha value is -2.40. The molecule has 0 fully saturated rings. The minimum absolute atomic E-state index is 0.359. The van der Waals surface area contributed by atoms with Gasteiger partial charge in [-0.1, -0.05) is 13.0 Å². The first kappa shape index (κ1) is 18.9. The van der Waals surface area contributed by atoms with Crippen LogP contribution < -0.4 is 5.32 Å². The van der Waals surface area contributed by atoms with Gasteiger partial charge in [-0.15, -0.1) is 0 Å². The third kappa shape index (κ3) is 3.63. The quantitative estimate of drug-likeness (QED) is 0.684. The monoisotopic (exact) mass is 377 g/mol. The first-order valence-corrected chi connectivity index (χ1v) is 10.5. The molecule has 1 unspecified atom stereocenters. The maximum Gasteiger partial charge on any atom is 0.0651 e. The third-order valence-electron chi connectivity index (χ3n) is 5.96. The summed E-state index contributed by atoms with van der Waals surface area (Å²) < 4.78 is 4.20. The van der Waals surface area contributed by atoms with E-state index in [0.717, 1.165) is 38.0 Å². The molecule has 0 radical (unpaired) electrons. The van der Waals surface area contributed by atoms with Crippen LogP contribution in [0.15, 0.2) is 30.6 Å². The minimum atomic E-state index is 0.359. The van der Waals surface area contributed by atoms with Gasteiger partial charge in [-0.3, -0.25) is 4.68 Å². The molecule has 0 spiro atoms. The van der Waals surface area contributed by atoms with Gasteiger partial charge < -0.3 is 5.32 Å². The number of rotatable bonds is 6. The van der Waals surface area contributed by atoms with E-state index in [4.69, 9.17) is 5.10 Å². The number of fused-ring (bicyclic) bond motifs is 1. The second-order valence-electron chi connectivity index (χ2n) is 8.06. The van der Waals surface area contributed by atoms with Crippen molar-refractivity contribution in [3.63, 3.8) is 0 Å². The van der Waals surface area contributed by atoms with Crippen LogP contribution >= 0.6 is 0 Å². The number of nitrogens with one attached hydrogen (secondary N) is 1. The Labute approximate surface area is 167 Å². The molecule has 148 valence electrons. The zero-order chi connectivity index (χ0) is 19.7. The molecule has 1 atom stereocenters. The van der Waals surface area contributed by atoms with Crippen molar-refractivity contribution in [3.05, 3.63) is 64.2 Å². The Morgan fingerprint density at radius 3 is 2.82 bits per heavy atom. The molecule has 5 heteroatoms. The summed E-state index contributed by atoms with van der Waals surface area (Å²) in [6.07, 6.45) is 8.80. The highest BCUT2D eigenvalue weighted by Gasteiger charge is 2.24. The van der Waals surface area contributed by atoms with Crippen molar-refractivity contribution in [2.45, 2.75) is 72.5 Å². The lowest BCUT2D eigenvalue weighted by Gasteiger charge is -2.24. The van der Waals surface area contributed by atoms with Gasteiger partial charge in [0, 0.05) is 42.1 Å². The first-order chi connectivity index (χ1) is 13.6. The number of aromatic nitrogens is 4. The maximum absolute atomic E-state index is 4.75. The largest absolute Gasteiger partial charge is 0.306 e. The van der Waals surface area contributed by atoms with Gasteiger partial charge in [-0.25, -0.2) is 4.68 Å². The van der Waals surface area contributed by atoms with Crippen molar-refractivity contribution in [1.82, 2.24) is 24.9 Å². The Morgan fingerprint density at radius 2 is 2.04 bits per heavy atom. The molecular formula is C23H31N5. The van der Waals surface area contributed by atoms with Gasteiger partial charge in [0.15, 0.2) is 0 Å². The molecule has 2 aromatic heterocycles. The van der Waals surface area contributed by atoms with Crippen molar-refractivity contribution >= 4 is 0 Å². The summed E-state index contributed by atoms with van der Waals surface area (Å²) in [4.78, 5) is 0. The number of hydrogen-bond donors (Lipinski definition) is 1. The van der Waals surface area contributed by atoms with E-state index in [1.54, 1.807) is 0 Å². The van der Waals surface area contributed by atoms with Crippen molar-refractivity contribution in [2.24, 2.45) is 0 Å². The third-order valence-corrected chi connectivity index (χ3v) is 5.96. The predicted molar refractivity (Wildman–Crippen MR) is 113 cm³/mol. The Bertz CT molecular complexity index is 966. The van der Waals surface area contributed by atoms with Gasteiger partial charge in [0.05, 0.1) is 17.6 Å². The number of aryl methyl sites for hydroxylation is 4. The van der Waals surface area contributed by atoms with Crippen LogP contribution in [0.3, 0.4) is 0 Å². The van der Waals surface area contributed by atoms with Crippen LogP contribution in [0.5, 0.6) is 0 Å². The Morgan fingerprint density at radius 1 is 1.18 bits per heavy atom. The normalized spacial score (nSPS) is 16.4. The van der Waals surface area contributed by atoms with Crippen LogP contribution in [0.2, 0.25) is 0 Å². The minimum Gasteiger partial charge on any atom is -0.306 e. The van der Waals surface area contributed by atoms with Crippen LogP contribution in [0.1, 0.15) is 65.9 Å². The lowest BCUT2D eigenvalue weighted by atomic mass is 9.92. The molecule has 28 heavy (non-hydrogen) atoms. The molecule has 0 amide bonds. The van der Waals surface area contributed by atoms with Crippen molar-refractivity contribution in [1.29, 1.82) is 0 Å². The van der Waals surface area contributed by atoms with E-state index in [0.29, 0.717) is 6.04 Å². The molecule has 1 aliphatic carbocycles. The average molecular weight is 378 g/mol. The van der Waals surface area contributed by atoms with E-state index < -0.39 is 0 Å². The fraction of sp³-hybridized carbons (Fsp3) is 0.478. The van der Waals surface area contributed by atoms with Crippen molar-refractivity contribution < 1.29 is 0 Å². The van der Waals surface area contributed by atoms with Gasteiger partial charge in [-0.05, 0) is 69.7 Å². The van der Waals surface area contributed by atoms with E-state index in [-0.39, 0.29) is 0 Å². The van der Waals surface area contributed by atoms with E-state index in [2.05, 4.69) is 78.1 Å². The summed E-state index contributed by atoms with van der Waals surface area (Å²) in [6.45, 7) is 10.5. The highest BCUT2D eigenvalue weighted by atomic mass is 15.3. The average Bonchev–Trinajstić information content (AvgIpc) is 3.26. The fourth-order valence-electron chi connectivity index (χ4n) is 4.16. The smallest absolute Gasteiger partial charge is 0.0651 e. The summed E-state index contributed by atoms with van der Waals surface area (Å²) in [6, 6.07) is 6.97.